The Balaban J connectivity index is 3.07. The highest BCUT2D eigenvalue weighted by Gasteiger charge is 2.16. The molecule has 0 amide bonds. The molecule has 0 fully saturated rings. The van der Waals surface area contributed by atoms with Crippen LogP contribution in [0.3, 0.4) is 0 Å². The highest BCUT2D eigenvalue weighted by Crippen LogP contribution is 2.17. The molecule has 0 aliphatic heterocycles. The zero-order chi connectivity index (χ0) is 14.6. The van der Waals surface area contributed by atoms with Crippen molar-refractivity contribution in [2.45, 2.75) is 26.8 Å². The van der Waals surface area contributed by atoms with Gasteiger partial charge in [0.2, 0.25) is 0 Å². The summed E-state index contributed by atoms with van der Waals surface area (Å²) in [6.45, 7) is 8.19. The molecule has 2 N–H and O–H groups in total. The summed E-state index contributed by atoms with van der Waals surface area (Å²) in [6, 6.07) is 4.29. The lowest BCUT2D eigenvalue weighted by molar-refractivity contribution is 0.372. The van der Waals surface area contributed by atoms with Gasteiger partial charge in [-0.2, -0.15) is 0 Å². The molecule has 1 heterocycles. The van der Waals surface area contributed by atoms with E-state index in [4.69, 9.17) is 18.0 Å². The van der Waals surface area contributed by atoms with E-state index in [0.717, 1.165) is 30.2 Å². The minimum atomic E-state index is 0.383. The standard InChI is InChI=1S/C14H24N4S/c1-6-18(11(3)9-17(4)5)13-8-12(14(15)19)7-10(2)16-13/h7-8,11H,6,9H2,1-5H3,(H2,15,19). The summed E-state index contributed by atoms with van der Waals surface area (Å²) in [6.07, 6.45) is 0. The number of thiocarbonyl (C=S) groups is 1. The second-order valence-corrected chi connectivity index (χ2v) is 5.56. The Morgan fingerprint density at radius 2 is 2.05 bits per heavy atom. The molecule has 0 saturated carbocycles. The zero-order valence-electron chi connectivity index (χ0n) is 12.5. The summed E-state index contributed by atoms with van der Waals surface area (Å²) in [5.41, 5.74) is 7.55. The highest BCUT2D eigenvalue weighted by atomic mass is 32.1. The Kier molecular flexibility index (Phi) is 5.69. The second kappa shape index (κ2) is 6.82. The van der Waals surface area contributed by atoms with E-state index in [9.17, 15) is 0 Å². The van der Waals surface area contributed by atoms with Gasteiger partial charge in [0.25, 0.3) is 0 Å². The van der Waals surface area contributed by atoms with Crippen LogP contribution in [-0.2, 0) is 0 Å². The van der Waals surface area contributed by atoms with Crippen LogP contribution >= 0.6 is 12.2 Å². The molecule has 19 heavy (non-hydrogen) atoms. The number of likely N-dealkylation sites (N-methyl/N-ethyl adjacent to an activating group) is 2. The molecule has 1 unspecified atom stereocenters. The van der Waals surface area contributed by atoms with Crippen LogP contribution in [0.1, 0.15) is 25.1 Å². The van der Waals surface area contributed by atoms with Crippen LogP contribution in [-0.4, -0.2) is 48.1 Å². The first-order valence-electron chi connectivity index (χ1n) is 6.55. The van der Waals surface area contributed by atoms with Crippen molar-refractivity contribution in [3.8, 4) is 0 Å². The van der Waals surface area contributed by atoms with Gasteiger partial charge < -0.3 is 15.5 Å². The minimum Gasteiger partial charge on any atom is -0.389 e. The van der Waals surface area contributed by atoms with Crippen molar-refractivity contribution in [3.05, 3.63) is 23.4 Å². The Labute approximate surface area is 121 Å². The first kappa shape index (κ1) is 15.9. The zero-order valence-corrected chi connectivity index (χ0v) is 13.3. The topological polar surface area (TPSA) is 45.4 Å². The van der Waals surface area contributed by atoms with E-state index in [1.807, 2.05) is 19.1 Å². The number of aromatic nitrogens is 1. The monoisotopic (exact) mass is 280 g/mol. The molecule has 0 bridgehead atoms. The SMILES string of the molecule is CCN(c1cc(C(N)=S)cc(C)n1)C(C)CN(C)C. The molecule has 1 aromatic heterocycles. The lowest BCUT2D eigenvalue weighted by Gasteiger charge is -2.31. The van der Waals surface area contributed by atoms with Crippen molar-refractivity contribution >= 4 is 23.0 Å². The van der Waals surface area contributed by atoms with Crippen molar-refractivity contribution in [1.29, 1.82) is 0 Å². The second-order valence-electron chi connectivity index (χ2n) is 5.12. The van der Waals surface area contributed by atoms with E-state index in [-0.39, 0.29) is 0 Å². The molecule has 0 aromatic carbocycles. The predicted molar refractivity (Wildman–Crippen MR) is 85.9 cm³/mol. The molecule has 0 saturated heterocycles. The molecular weight excluding hydrogens is 256 g/mol. The number of anilines is 1. The first-order valence-corrected chi connectivity index (χ1v) is 6.95. The molecule has 0 spiro atoms. The summed E-state index contributed by atoms with van der Waals surface area (Å²) < 4.78 is 0. The van der Waals surface area contributed by atoms with Gasteiger partial charge in [0.05, 0.1) is 0 Å². The Morgan fingerprint density at radius 1 is 1.42 bits per heavy atom. The highest BCUT2D eigenvalue weighted by molar-refractivity contribution is 7.80. The third-order valence-corrected chi connectivity index (χ3v) is 3.26. The van der Waals surface area contributed by atoms with Gasteiger partial charge in [0.15, 0.2) is 0 Å². The maximum absolute atomic E-state index is 5.73. The number of nitrogens with two attached hydrogens (primary N) is 1. The number of hydrogen-bond acceptors (Lipinski definition) is 4. The van der Waals surface area contributed by atoms with Crippen LogP contribution in [0.15, 0.2) is 12.1 Å². The Morgan fingerprint density at radius 3 is 2.53 bits per heavy atom. The number of aryl methyl sites for hydroxylation is 1. The van der Waals surface area contributed by atoms with Gasteiger partial charge >= 0.3 is 0 Å². The fourth-order valence-corrected chi connectivity index (χ4v) is 2.38. The van der Waals surface area contributed by atoms with Crippen molar-refractivity contribution in [2.24, 2.45) is 5.73 Å². The third-order valence-electron chi connectivity index (χ3n) is 3.02. The van der Waals surface area contributed by atoms with Crippen molar-refractivity contribution in [2.75, 3.05) is 32.1 Å². The lowest BCUT2D eigenvalue weighted by atomic mass is 10.2. The van der Waals surface area contributed by atoms with Crippen LogP contribution in [0, 0.1) is 6.92 Å². The Hall–Kier alpha value is -1.20. The number of nitrogens with zero attached hydrogens (tertiary/aromatic N) is 3. The number of pyridine rings is 1. The number of rotatable bonds is 6. The average Bonchev–Trinajstić information content (AvgIpc) is 2.27. The summed E-state index contributed by atoms with van der Waals surface area (Å²) in [4.78, 5) is 9.48. The van der Waals surface area contributed by atoms with Gasteiger partial charge in [-0.3, -0.25) is 0 Å². The quantitative estimate of drug-likeness (QED) is 0.805. The van der Waals surface area contributed by atoms with Crippen LogP contribution < -0.4 is 10.6 Å². The summed E-state index contributed by atoms with van der Waals surface area (Å²) >= 11 is 5.06. The Bertz CT molecular complexity index is 445. The largest absolute Gasteiger partial charge is 0.389 e. The molecule has 5 heteroatoms. The lowest BCUT2D eigenvalue weighted by Crippen LogP contribution is -2.40. The maximum atomic E-state index is 5.73. The first-order chi connectivity index (χ1) is 8.85. The van der Waals surface area contributed by atoms with Crippen LogP contribution in [0.4, 0.5) is 5.82 Å². The van der Waals surface area contributed by atoms with Gasteiger partial charge in [-0.25, -0.2) is 4.98 Å². The van der Waals surface area contributed by atoms with Crippen LogP contribution in [0.5, 0.6) is 0 Å². The van der Waals surface area contributed by atoms with Gasteiger partial charge in [-0.15, -0.1) is 0 Å². The molecule has 0 aliphatic rings. The molecule has 4 nitrogen and oxygen atoms in total. The van der Waals surface area contributed by atoms with Gasteiger partial charge in [-0.1, -0.05) is 12.2 Å². The predicted octanol–water partition coefficient (Wildman–Crippen LogP) is 1.80. The van der Waals surface area contributed by atoms with Gasteiger partial charge in [0, 0.05) is 30.4 Å². The van der Waals surface area contributed by atoms with E-state index in [1.165, 1.54) is 0 Å². The van der Waals surface area contributed by atoms with Crippen molar-refractivity contribution < 1.29 is 0 Å². The summed E-state index contributed by atoms with van der Waals surface area (Å²) in [5.74, 6) is 0.944. The van der Waals surface area contributed by atoms with E-state index in [0.29, 0.717) is 11.0 Å². The normalized spacial score (nSPS) is 12.5. The average molecular weight is 280 g/mol. The number of hydrogen-bond donors (Lipinski definition) is 1. The van der Waals surface area contributed by atoms with E-state index in [1.54, 1.807) is 0 Å². The van der Waals surface area contributed by atoms with Gasteiger partial charge in [0.1, 0.15) is 10.8 Å². The van der Waals surface area contributed by atoms with E-state index < -0.39 is 0 Å². The van der Waals surface area contributed by atoms with Crippen LogP contribution in [0.2, 0.25) is 0 Å². The van der Waals surface area contributed by atoms with E-state index >= 15 is 0 Å². The molecule has 0 aliphatic carbocycles. The third kappa shape index (κ3) is 4.44. The summed E-state index contributed by atoms with van der Waals surface area (Å²) in [7, 11) is 4.16. The molecular formula is C14H24N4S. The van der Waals surface area contributed by atoms with Gasteiger partial charge in [-0.05, 0) is 47.0 Å². The van der Waals surface area contributed by atoms with Crippen molar-refractivity contribution in [1.82, 2.24) is 9.88 Å². The maximum Gasteiger partial charge on any atom is 0.129 e. The fraction of sp³-hybridized carbons (Fsp3) is 0.571. The van der Waals surface area contributed by atoms with E-state index in [2.05, 4.69) is 42.7 Å². The summed E-state index contributed by atoms with van der Waals surface area (Å²) in [5, 5.41) is 0. The molecule has 1 atom stereocenters. The van der Waals surface area contributed by atoms with Crippen LogP contribution in [0.25, 0.3) is 0 Å². The van der Waals surface area contributed by atoms with Crippen molar-refractivity contribution in [3.63, 3.8) is 0 Å². The molecule has 0 radical (unpaired) electrons. The molecule has 106 valence electrons. The smallest absolute Gasteiger partial charge is 0.129 e. The fourth-order valence-electron chi connectivity index (χ4n) is 2.27. The molecule has 1 aromatic rings. The molecule has 1 rings (SSSR count). The minimum absolute atomic E-state index is 0.383.